The minimum atomic E-state index is -4.62. The van der Waals surface area contributed by atoms with E-state index < -0.39 is 81.1 Å². The molecule has 1 aromatic rings. The molecule has 1 aromatic heterocycles. The first-order valence-electron chi connectivity index (χ1n) is 11.1. The highest BCUT2D eigenvalue weighted by Crippen LogP contribution is 2.51. The number of hydrogen-bond acceptors (Lipinski definition) is 12. The molecule has 0 amide bonds. The lowest BCUT2D eigenvalue weighted by Gasteiger charge is -2.22. The number of nitrogen functional groups attached to an aromatic ring is 1. The first-order chi connectivity index (χ1) is 16.8. The SMILES string of the molecule is CC(C)(C)C(=O)OCOP(=O)(OCOC(=O)C(C)(C)C)OC[C@@H]1CC(F)(F)[C@H](n2ccc(N)nc2=O)O1. The van der Waals surface area contributed by atoms with E-state index in [1.54, 1.807) is 41.5 Å². The summed E-state index contributed by atoms with van der Waals surface area (Å²) in [7, 11) is -4.62. The van der Waals surface area contributed by atoms with Crippen molar-refractivity contribution in [2.45, 2.75) is 66.2 Å². The summed E-state index contributed by atoms with van der Waals surface area (Å²) < 4.78 is 72.9. The van der Waals surface area contributed by atoms with Gasteiger partial charge in [-0.3, -0.25) is 18.7 Å². The highest BCUT2D eigenvalue weighted by atomic mass is 31.2. The van der Waals surface area contributed by atoms with Crippen LogP contribution in [0.15, 0.2) is 17.1 Å². The van der Waals surface area contributed by atoms with Crippen molar-refractivity contribution >= 4 is 25.6 Å². The molecule has 2 heterocycles. The van der Waals surface area contributed by atoms with Gasteiger partial charge in [-0.1, -0.05) is 0 Å². The standard InChI is InChI=1S/C21H32F2N3O10P/c1-19(2,3)16(27)31-11-34-37(30,35-12-32-17(28)20(4,5)6)33-10-13-9-21(22,23)15(36-13)26-8-7-14(24)25-18(26)29/h7-8,13,15H,9-12H2,1-6H3,(H2,24,25,29)/t13-,15+/m0/s1. The number of esters is 2. The number of aromatic nitrogens is 2. The lowest BCUT2D eigenvalue weighted by molar-refractivity contribution is -0.163. The molecule has 1 saturated heterocycles. The van der Waals surface area contributed by atoms with Crippen molar-refractivity contribution in [3.05, 3.63) is 22.7 Å². The first-order valence-corrected chi connectivity index (χ1v) is 12.6. The predicted molar refractivity (Wildman–Crippen MR) is 123 cm³/mol. The summed E-state index contributed by atoms with van der Waals surface area (Å²) in [5, 5.41) is 0. The Bertz CT molecular complexity index is 1050. The van der Waals surface area contributed by atoms with Crippen molar-refractivity contribution in [2.75, 3.05) is 25.9 Å². The topological polar surface area (TPSA) is 167 Å². The molecule has 0 bridgehead atoms. The second kappa shape index (κ2) is 11.5. The van der Waals surface area contributed by atoms with Gasteiger partial charge in [-0.25, -0.2) is 27.2 Å². The van der Waals surface area contributed by atoms with Gasteiger partial charge in [0.15, 0.2) is 0 Å². The molecule has 0 aromatic carbocycles. The van der Waals surface area contributed by atoms with Gasteiger partial charge >= 0.3 is 25.5 Å². The molecule has 2 atom stereocenters. The van der Waals surface area contributed by atoms with Crippen molar-refractivity contribution in [1.29, 1.82) is 0 Å². The van der Waals surface area contributed by atoms with Crippen LogP contribution in [0.3, 0.4) is 0 Å². The van der Waals surface area contributed by atoms with Gasteiger partial charge in [0.2, 0.25) is 19.8 Å². The van der Waals surface area contributed by atoms with Gasteiger partial charge in [-0.15, -0.1) is 0 Å². The smallest absolute Gasteiger partial charge is 0.437 e. The van der Waals surface area contributed by atoms with E-state index in [4.69, 9.17) is 33.5 Å². The van der Waals surface area contributed by atoms with E-state index in [1.165, 1.54) is 0 Å². The number of anilines is 1. The van der Waals surface area contributed by atoms with Gasteiger partial charge in [0.05, 0.1) is 23.5 Å². The highest BCUT2D eigenvalue weighted by molar-refractivity contribution is 7.48. The van der Waals surface area contributed by atoms with E-state index in [0.29, 0.717) is 4.57 Å². The third-order valence-corrected chi connectivity index (χ3v) is 6.04. The Morgan fingerprint density at radius 1 is 1.11 bits per heavy atom. The number of carbonyl (C=O) groups is 2. The average molecular weight is 555 g/mol. The summed E-state index contributed by atoms with van der Waals surface area (Å²) in [5.74, 6) is -5.06. The average Bonchev–Trinajstić information content (AvgIpc) is 3.05. The van der Waals surface area contributed by atoms with Crippen LogP contribution in [-0.4, -0.2) is 53.7 Å². The molecule has 2 N–H and O–H groups in total. The van der Waals surface area contributed by atoms with Gasteiger partial charge in [0.25, 0.3) is 5.92 Å². The monoisotopic (exact) mass is 555 g/mol. The summed E-state index contributed by atoms with van der Waals surface area (Å²) in [5.41, 5.74) is 2.54. The molecule has 1 aliphatic rings. The Morgan fingerprint density at radius 2 is 1.62 bits per heavy atom. The molecule has 1 fully saturated rings. The zero-order valence-electron chi connectivity index (χ0n) is 21.4. The summed E-state index contributed by atoms with van der Waals surface area (Å²) in [6, 6.07) is 1.15. The van der Waals surface area contributed by atoms with E-state index in [2.05, 4.69) is 4.98 Å². The van der Waals surface area contributed by atoms with Crippen LogP contribution in [0.25, 0.3) is 0 Å². The van der Waals surface area contributed by atoms with Crippen LogP contribution in [0.1, 0.15) is 54.2 Å². The fraction of sp³-hybridized carbons (Fsp3) is 0.714. The molecular weight excluding hydrogens is 523 g/mol. The van der Waals surface area contributed by atoms with Crippen molar-refractivity contribution in [3.8, 4) is 0 Å². The summed E-state index contributed by atoms with van der Waals surface area (Å²) in [6.45, 7) is 6.98. The molecule has 0 radical (unpaired) electrons. The fourth-order valence-electron chi connectivity index (χ4n) is 2.71. The molecule has 13 nitrogen and oxygen atoms in total. The van der Waals surface area contributed by atoms with E-state index in [-0.39, 0.29) is 5.82 Å². The third-order valence-electron chi connectivity index (χ3n) is 4.73. The molecule has 0 saturated carbocycles. The number of nitrogens with two attached hydrogens (primary N) is 1. The molecule has 37 heavy (non-hydrogen) atoms. The van der Waals surface area contributed by atoms with Gasteiger partial charge in [0.1, 0.15) is 5.82 Å². The number of ether oxygens (including phenoxy) is 3. The molecule has 2 rings (SSSR count). The maximum absolute atomic E-state index is 14.6. The second-order valence-corrected chi connectivity index (χ2v) is 11.9. The minimum absolute atomic E-state index is 0.156. The van der Waals surface area contributed by atoms with E-state index in [9.17, 15) is 27.7 Å². The number of nitrogens with zero attached hydrogens (tertiary/aromatic N) is 2. The van der Waals surface area contributed by atoms with Crippen molar-refractivity contribution < 1.29 is 50.7 Å². The van der Waals surface area contributed by atoms with Crippen molar-refractivity contribution in [1.82, 2.24) is 9.55 Å². The number of rotatable bonds is 10. The highest BCUT2D eigenvalue weighted by Gasteiger charge is 2.52. The molecule has 1 aliphatic heterocycles. The lowest BCUT2D eigenvalue weighted by Crippen LogP contribution is -2.35. The number of alkyl halides is 2. The van der Waals surface area contributed by atoms with Gasteiger partial charge < -0.3 is 19.9 Å². The largest absolute Gasteiger partial charge is 0.480 e. The molecule has 16 heteroatoms. The summed E-state index contributed by atoms with van der Waals surface area (Å²) in [6.07, 6.45) is -3.29. The van der Waals surface area contributed by atoms with Crippen LogP contribution in [0.5, 0.6) is 0 Å². The molecule has 210 valence electrons. The number of hydrogen-bond donors (Lipinski definition) is 1. The van der Waals surface area contributed by atoms with Gasteiger partial charge in [0, 0.05) is 12.6 Å². The molecule has 0 unspecified atom stereocenters. The quantitative estimate of drug-likeness (QED) is 0.255. The van der Waals surface area contributed by atoms with Crippen molar-refractivity contribution in [3.63, 3.8) is 0 Å². The maximum atomic E-state index is 14.6. The first kappa shape index (κ1) is 30.8. The summed E-state index contributed by atoms with van der Waals surface area (Å²) in [4.78, 5) is 39.3. The number of halogens is 2. The minimum Gasteiger partial charge on any atom is -0.437 e. The Hall–Kier alpha value is -2.45. The Kier molecular flexibility index (Phi) is 9.58. The lowest BCUT2D eigenvalue weighted by atomic mass is 9.98. The summed E-state index contributed by atoms with van der Waals surface area (Å²) >= 11 is 0. The predicted octanol–water partition coefficient (Wildman–Crippen LogP) is 3.00. The Balaban J connectivity index is 2.08. The molecule has 0 spiro atoms. The molecule has 0 aliphatic carbocycles. The van der Waals surface area contributed by atoms with E-state index in [0.717, 1.165) is 12.3 Å². The van der Waals surface area contributed by atoms with Crippen LogP contribution in [0, 0.1) is 10.8 Å². The van der Waals surface area contributed by atoms with E-state index >= 15 is 0 Å². The van der Waals surface area contributed by atoms with Crippen LogP contribution >= 0.6 is 7.82 Å². The number of phosphoric acid groups is 1. The zero-order chi connectivity index (χ0) is 28.2. The number of carbonyl (C=O) groups excluding carboxylic acids is 2. The van der Waals surface area contributed by atoms with Crippen LogP contribution in [0.2, 0.25) is 0 Å². The van der Waals surface area contributed by atoms with E-state index in [1.807, 2.05) is 0 Å². The Labute approximate surface area is 212 Å². The maximum Gasteiger partial charge on any atom is 0.480 e. The number of phosphoric ester groups is 1. The van der Waals surface area contributed by atoms with Crippen LogP contribution in [0.4, 0.5) is 14.6 Å². The third kappa shape index (κ3) is 8.82. The van der Waals surface area contributed by atoms with Crippen molar-refractivity contribution in [2.24, 2.45) is 10.8 Å². The van der Waals surface area contributed by atoms with Crippen LogP contribution in [-0.2, 0) is 41.9 Å². The second-order valence-electron chi connectivity index (χ2n) is 10.2. The molecular formula is C21H32F2N3O10P. The van der Waals surface area contributed by atoms with Crippen LogP contribution < -0.4 is 11.4 Å². The van der Waals surface area contributed by atoms with Gasteiger partial charge in [-0.2, -0.15) is 4.98 Å². The fourth-order valence-corrected chi connectivity index (χ4v) is 3.65. The zero-order valence-corrected chi connectivity index (χ0v) is 22.3. The normalized spacial score (nSPS) is 20.0. The Morgan fingerprint density at radius 3 is 2.08 bits per heavy atom. The van der Waals surface area contributed by atoms with Gasteiger partial charge in [-0.05, 0) is 47.6 Å².